The monoisotopic (exact) mass is 692 g/mol. The fourth-order valence-electron chi connectivity index (χ4n) is 8.59. The van der Waals surface area contributed by atoms with Gasteiger partial charge in [0.2, 0.25) is 0 Å². The molecule has 5 N–H and O–H groups in total. The van der Waals surface area contributed by atoms with E-state index in [1.807, 2.05) is 32.9 Å². The molecular weight excluding hydrogens is 648 g/mol. The average molecular weight is 693 g/mol. The fraction of sp³-hybridized carbons (Fsp3) is 0.375. The molecule has 2 aliphatic carbocycles. The van der Waals surface area contributed by atoms with E-state index in [1.165, 1.54) is 21.3 Å². The minimum Gasteiger partial charge on any atom is -0.469 e. The van der Waals surface area contributed by atoms with E-state index in [4.69, 9.17) is 14.2 Å². The van der Waals surface area contributed by atoms with Gasteiger partial charge in [-0.2, -0.15) is 0 Å². The van der Waals surface area contributed by atoms with Crippen molar-refractivity contribution >= 4 is 41.7 Å². The molecule has 1 fully saturated rings. The predicted octanol–water partition coefficient (Wildman–Crippen LogP) is 3.86. The van der Waals surface area contributed by atoms with Crippen LogP contribution >= 0.6 is 0 Å². The minimum atomic E-state index is -1.06. The minimum absolute atomic E-state index is 0.172. The van der Waals surface area contributed by atoms with E-state index in [9.17, 15) is 19.5 Å². The van der Waals surface area contributed by atoms with Crippen molar-refractivity contribution in [3.05, 3.63) is 102 Å². The molecule has 0 amide bonds. The SMILES string of the molecule is CCc1c2[nH]c(c1C)C=C1NC(=Cc3[nH]c(c(CCC(=O)OC)c3C)C3=c4[nH]c(c(C)c4C(O)C3)=C2)C2(C)C1=CC=C(C(=O)OC)C2C(=O)OC. The number of hydrogen-bond acceptors (Lipinski definition) is 8. The molecule has 4 aliphatic rings. The van der Waals surface area contributed by atoms with Crippen molar-refractivity contribution < 1.29 is 33.7 Å². The Hall–Kier alpha value is -5.29. The van der Waals surface area contributed by atoms with Gasteiger partial charge in [-0.3, -0.25) is 9.59 Å². The van der Waals surface area contributed by atoms with Gasteiger partial charge in [0.05, 0.1) is 43.8 Å². The van der Waals surface area contributed by atoms with Crippen LogP contribution in [0.5, 0.6) is 0 Å². The molecule has 7 rings (SSSR count). The van der Waals surface area contributed by atoms with Crippen LogP contribution in [0, 0.1) is 32.1 Å². The maximum absolute atomic E-state index is 13.7. The number of ether oxygens (including phenoxy) is 3. The van der Waals surface area contributed by atoms with Gasteiger partial charge in [-0.25, -0.2) is 4.79 Å². The van der Waals surface area contributed by atoms with Gasteiger partial charge in [-0.1, -0.05) is 19.1 Å². The lowest BCUT2D eigenvalue weighted by atomic mass is 9.64. The van der Waals surface area contributed by atoms with E-state index in [2.05, 4.69) is 46.3 Å². The first-order valence-corrected chi connectivity index (χ1v) is 17.3. The highest BCUT2D eigenvalue weighted by Gasteiger charge is 2.55. The van der Waals surface area contributed by atoms with Gasteiger partial charge in [-0.05, 0) is 92.2 Å². The molecule has 0 saturated carbocycles. The molecule has 5 heterocycles. The standard InChI is InChI=1S/C40H44N4O7/c1-9-21-18(2)26-16-30-25-12-10-23(38(47)50-7)35(39(48)51-8)40(25,5)32(42-30)17-28-19(3)22(11-13-33(46)49-6)36(43-28)24-14-31(45)34-20(4)27(44-37(24)34)15-29(21)41-26/h10,12,15-17,31,35,41-45H,9,11,13-14H2,1-8H3. The zero-order valence-electron chi connectivity index (χ0n) is 30.3. The van der Waals surface area contributed by atoms with Crippen LogP contribution in [0.4, 0.5) is 0 Å². The zero-order chi connectivity index (χ0) is 36.5. The number of methoxy groups -OCH3 is 3. The van der Waals surface area contributed by atoms with E-state index >= 15 is 0 Å². The second-order valence-electron chi connectivity index (χ2n) is 13.9. The normalized spacial score (nSPS) is 21.5. The summed E-state index contributed by atoms with van der Waals surface area (Å²) < 4.78 is 15.5. The van der Waals surface area contributed by atoms with Gasteiger partial charge in [0.1, 0.15) is 5.92 Å². The van der Waals surface area contributed by atoms with Crippen molar-refractivity contribution in [2.45, 2.75) is 66.4 Å². The summed E-state index contributed by atoms with van der Waals surface area (Å²) in [6.07, 6.45) is 10.7. The van der Waals surface area contributed by atoms with E-state index in [-0.39, 0.29) is 18.0 Å². The molecule has 3 atom stereocenters. The Kier molecular flexibility index (Phi) is 8.37. The third-order valence-corrected chi connectivity index (χ3v) is 11.4. The molecule has 3 aromatic rings. The first kappa shape index (κ1) is 34.2. The number of fused-ring (bicyclic) bond motifs is 11. The fourth-order valence-corrected chi connectivity index (χ4v) is 8.59. The summed E-state index contributed by atoms with van der Waals surface area (Å²) in [5.74, 6) is -2.52. The van der Waals surface area contributed by atoms with Gasteiger partial charge >= 0.3 is 17.9 Å². The molecule has 11 nitrogen and oxygen atoms in total. The summed E-state index contributed by atoms with van der Waals surface area (Å²) in [7, 11) is 3.99. The van der Waals surface area contributed by atoms with Crippen molar-refractivity contribution in [3.8, 4) is 0 Å². The molecule has 3 aromatic heterocycles. The molecule has 0 radical (unpaired) electrons. The number of hydrogen-bond donors (Lipinski definition) is 5. The number of H-pyrrole nitrogens is 3. The number of nitrogens with one attached hydrogen (secondary N) is 4. The maximum Gasteiger partial charge on any atom is 0.334 e. The first-order valence-electron chi connectivity index (χ1n) is 17.3. The summed E-state index contributed by atoms with van der Waals surface area (Å²) in [4.78, 5) is 50.3. The summed E-state index contributed by atoms with van der Waals surface area (Å²) in [5.41, 5.74) is 11.7. The number of carbonyl (C=O) groups excluding carboxylic acids is 3. The molecule has 0 spiro atoms. The maximum atomic E-state index is 13.7. The van der Waals surface area contributed by atoms with Crippen LogP contribution in [0.25, 0.3) is 23.8 Å². The zero-order valence-corrected chi connectivity index (χ0v) is 30.3. The van der Waals surface area contributed by atoms with Crippen LogP contribution in [0.2, 0.25) is 0 Å². The third kappa shape index (κ3) is 5.08. The van der Waals surface area contributed by atoms with E-state index < -0.39 is 29.4 Å². The van der Waals surface area contributed by atoms with Crippen LogP contribution in [-0.4, -0.2) is 59.3 Å². The number of aliphatic hydroxyl groups is 1. The van der Waals surface area contributed by atoms with E-state index in [0.29, 0.717) is 18.5 Å². The number of esters is 3. The quantitative estimate of drug-likeness (QED) is 0.193. The van der Waals surface area contributed by atoms with Crippen LogP contribution in [-0.2, 0) is 41.4 Å². The van der Waals surface area contributed by atoms with E-state index in [0.717, 1.165) is 90.1 Å². The Labute approximate surface area is 295 Å². The van der Waals surface area contributed by atoms with Gasteiger partial charge in [-0.15, -0.1) is 0 Å². The molecule has 1 saturated heterocycles. The molecule has 0 aromatic carbocycles. The van der Waals surface area contributed by atoms with Crippen LogP contribution in [0.15, 0.2) is 34.7 Å². The van der Waals surface area contributed by atoms with Gasteiger partial charge < -0.3 is 39.6 Å². The number of allylic oxidation sites excluding steroid dienone is 4. The number of aromatic nitrogens is 3. The summed E-state index contributed by atoms with van der Waals surface area (Å²) >= 11 is 0. The van der Waals surface area contributed by atoms with Crippen molar-refractivity contribution in [2.24, 2.45) is 11.3 Å². The topological polar surface area (TPSA) is 159 Å². The lowest BCUT2D eigenvalue weighted by molar-refractivity contribution is -0.150. The number of rotatable bonds is 6. The first-order chi connectivity index (χ1) is 24.4. The molecule has 8 bridgehead atoms. The highest BCUT2D eigenvalue weighted by atomic mass is 16.5. The Balaban J connectivity index is 1.58. The average Bonchev–Trinajstić information content (AvgIpc) is 3.87. The van der Waals surface area contributed by atoms with Crippen molar-refractivity contribution in [1.29, 1.82) is 0 Å². The highest BCUT2D eigenvalue weighted by Crippen LogP contribution is 2.55. The molecule has 266 valence electrons. The van der Waals surface area contributed by atoms with Gasteiger partial charge in [0, 0.05) is 63.5 Å². The van der Waals surface area contributed by atoms with Crippen molar-refractivity contribution in [2.75, 3.05) is 21.3 Å². The molecule has 11 heteroatoms. The molecular formula is C40H44N4O7. The van der Waals surface area contributed by atoms with Crippen LogP contribution in [0.1, 0.15) is 88.9 Å². The lowest BCUT2D eigenvalue weighted by Gasteiger charge is -2.36. The second kappa shape index (κ2) is 12.5. The largest absolute Gasteiger partial charge is 0.469 e. The van der Waals surface area contributed by atoms with E-state index in [1.54, 1.807) is 6.08 Å². The van der Waals surface area contributed by atoms with Crippen LogP contribution < -0.4 is 16.0 Å². The predicted molar refractivity (Wildman–Crippen MR) is 192 cm³/mol. The van der Waals surface area contributed by atoms with Crippen LogP contribution in [0.3, 0.4) is 0 Å². The van der Waals surface area contributed by atoms with Crippen molar-refractivity contribution in [3.63, 3.8) is 0 Å². The highest BCUT2D eigenvalue weighted by molar-refractivity contribution is 5.98. The molecule has 2 aliphatic heterocycles. The Morgan fingerprint density at radius 2 is 1.61 bits per heavy atom. The Morgan fingerprint density at radius 1 is 0.882 bits per heavy atom. The molecule has 51 heavy (non-hydrogen) atoms. The number of carbonyl (C=O) groups is 3. The number of aliphatic hydroxyl groups excluding tert-OH is 1. The third-order valence-electron chi connectivity index (χ3n) is 11.4. The summed E-state index contributed by atoms with van der Waals surface area (Å²) in [6, 6.07) is 0. The lowest BCUT2D eigenvalue weighted by Crippen LogP contribution is -2.40. The van der Waals surface area contributed by atoms with Crippen molar-refractivity contribution in [1.82, 2.24) is 20.3 Å². The second-order valence-corrected chi connectivity index (χ2v) is 13.9. The summed E-state index contributed by atoms with van der Waals surface area (Å²) in [5, 5.41) is 16.9. The van der Waals surface area contributed by atoms with Gasteiger partial charge in [0.25, 0.3) is 0 Å². The summed E-state index contributed by atoms with van der Waals surface area (Å²) in [6.45, 7) is 10.2. The Bertz CT molecular complexity index is 2290. The van der Waals surface area contributed by atoms with Gasteiger partial charge in [0.15, 0.2) is 0 Å². The number of aromatic amines is 3. The molecule has 3 unspecified atom stereocenters. The Morgan fingerprint density at radius 3 is 2.29 bits per heavy atom. The smallest absolute Gasteiger partial charge is 0.334 e.